The lowest BCUT2D eigenvalue weighted by atomic mass is 9.64. The number of rotatable bonds is 6. The smallest absolute Gasteiger partial charge is 0.332 e. The fourth-order valence-corrected chi connectivity index (χ4v) is 7.44. The molecule has 0 bridgehead atoms. The fourth-order valence-electron chi connectivity index (χ4n) is 7.22. The number of anilines is 1. The van der Waals surface area contributed by atoms with Gasteiger partial charge in [0.25, 0.3) is 11.8 Å². The van der Waals surface area contributed by atoms with Gasteiger partial charge in [-0.05, 0) is 81.4 Å². The Kier molecular flexibility index (Phi) is 6.35. The Bertz CT molecular complexity index is 1470. The molecule has 0 radical (unpaired) electrons. The summed E-state index contributed by atoms with van der Waals surface area (Å²) in [6, 6.07) is 11.9. The third-order valence-electron chi connectivity index (χ3n) is 9.52. The molecule has 3 aromatic rings. The molecule has 2 N–H and O–H groups in total. The van der Waals surface area contributed by atoms with Crippen molar-refractivity contribution in [3.63, 3.8) is 0 Å². The number of nitrogens with zero attached hydrogens (tertiary/aromatic N) is 3. The van der Waals surface area contributed by atoms with Crippen LogP contribution in [0.2, 0.25) is 5.02 Å². The molecule has 4 amide bonds. The van der Waals surface area contributed by atoms with E-state index >= 15 is 0 Å². The summed E-state index contributed by atoms with van der Waals surface area (Å²) in [4.78, 5) is 49.0. The van der Waals surface area contributed by atoms with Crippen molar-refractivity contribution in [2.75, 3.05) is 31.1 Å². The van der Waals surface area contributed by atoms with E-state index in [9.17, 15) is 14.4 Å². The van der Waals surface area contributed by atoms with Crippen LogP contribution in [-0.2, 0) is 10.2 Å². The van der Waals surface area contributed by atoms with E-state index < -0.39 is 12.1 Å². The van der Waals surface area contributed by atoms with Gasteiger partial charge in [-0.2, -0.15) is 0 Å². The molecule has 7 rings (SSSR count). The van der Waals surface area contributed by atoms with Gasteiger partial charge < -0.3 is 20.1 Å². The summed E-state index contributed by atoms with van der Waals surface area (Å²) in [6.07, 6.45) is 9.22. The summed E-state index contributed by atoms with van der Waals surface area (Å²) in [5.41, 5.74) is 3.34. The highest BCUT2D eigenvalue weighted by molar-refractivity contribution is 6.35. The number of H-pyrrole nitrogens is 1. The number of likely N-dealkylation sites (tertiary alicyclic amines) is 1. The molecule has 4 aliphatic rings. The average Bonchev–Trinajstić information content (AvgIpc) is 3.66. The van der Waals surface area contributed by atoms with Gasteiger partial charge in [0.2, 0.25) is 0 Å². The van der Waals surface area contributed by atoms with Crippen LogP contribution < -0.4 is 10.2 Å². The molecule has 0 unspecified atom stereocenters. The first-order valence-corrected chi connectivity index (χ1v) is 14.9. The van der Waals surface area contributed by atoms with Crippen LogP contribution in [0.3, 0.4) is 0 Å². The normalized spacial score (nSPS) is 24.4. The van der Waals surface area contributed by atoms with Gasteiger partial charge in [0, 0.05) is 41.2 Å². The number of halogens is 1. The third-order valence-corrected chi connectivity index (χ3v) is 9.84. The summed E-state index contributed by atoms with van der Waals surface area (Å²) < 4.78 is 0. The number of benzene rings is 2. The molecule has 1 saturated carbocycles. The van der Waals surface area contributed by atoms with E-state index in [2.05, 4.69) is 27.3 Å². The number of fused-ring (bicyclic) bond motifs is 2. The Morgan fingerprint density at radius 1 is 1.00 bits per heavy atom. The van der Waals surface area contributed by atoms with Crippen molar-refractivity contribution >= 4 is 46.0 Å². The second kappa shape index (κ2) is 9.93. The Labute approximate surface area is 238 Å². The van der Waals surface area contributed by atoms with Crippen molar-refractivity contribution < 1.29 is 14.4 Å². The zero-order valence-electron chi connectivity index (χ0n) is 22.5. The van der Waals surface area contributed by atoms with Gasteiger partial charge in [-0.3, -0.25) is 9.59 Å². The van der Waals surface area contributed by atoms with Crippen molar-refractivity contribution in [3.8, 4) is 0 Å². The molecule has 2 aromatic carbocycles. The van der Waals surface area contributed by atoms with Crippen LogP contribution in [0.5, 0.6) is 0 Å². The number of carbonyl (C=O) groups excluding carboxylic acids is 3. The molecule has 4 fully saturated rings. The van der Waals surface area contributed by atoms with Crippen LogP contribution in [0.4, 0.5) is 10.5 Å². The molecule has 3 aliphatic heterocycles. The van der Waals surface area contributed by atoms with Crippen LogP contribution in [0.25, 0.3) is 10.9 Å². The standard InChI is InChI=1S/C31H34ClN5O3/c32-24-18-33-26-17-20(6-11-23(24)26)28(38)34-25-5-3-16-36-27(25)29(39)37(30(36)40)22-9-7-21(8-10-22)31(12-4-13-31)19-35-14-1-2-15-35/h6-11,17-18,25,27,33H,1-5,12-16,19H2,(H,34,38)/t25-,27+/m1/s1. The highest BCUT2D eigenvalue weighted by Crippen LogP contribution is 2.45. The number of piperidine rings is 1. The van der Waals surface area contributed by atoms with Gasteiger partial charge in [-0.25, -0.2) is 9.69 Å². The minimum Gasteiger partial charge on any atom is -0.360 e. The van der Waals surface area contributed by atoms with E-state index in [-0.39, 0.29) is 23.3 Å². The first kappa shape index (κ1) is 25.6. The molecule has 8 nitrogen and oxygen atoms in total. The number of urea groups is 1. The Balaban J connectivity index is 1.09. The van der Waals surface area contributed by atoms with E-state index in [1.807, 2.05) is 18.2 Å². The van der Waals surface area contributed by atoms with Crippen molar-refractivity contribution in [3.05, 3.63) is 64.8 Å². The summed E-state index contributed by atoms with van der Waals surface area (Å²) in [6.45, 7) is 3.96. The fraction of sp³-hybridized carbons (Fsp3) is 0.452. The van der Waals surface area contributed by atoms with Crippen molar-refractivity contribution in [2.24, 2.45) is 0 Å². The van der Waals surface area contributed by atoms with Crippen LogP contribution in [-0.4, -0.2) is 70.9 Å². The summed E-state index contributed by atoms with van der Waals surface area (Å²) in [7, 11) is 0. The monoisotopic (exact) mass is 559 g/mol. The molecule has 3 saturated heterocycles. The van der Waals surface area contributed by atoms with Gasteiger partial charge in [-0.15, -0.1) is 0 Å². The Hall–Kier alpha value is -3.36. The van der Waals surface area contributed by atoms with Crippen molar-refractivity contribution in [2.45, 2.75) is 62.4 Å². The second-order valence-corrected chi connectivity index (χ2v) is 12.3. The van der Waals surface area contributed by atoms with Crippen molar-refractivity contribution in [1.82, 2.24) is 20.1 Å². The molecule has 40 heavy (non-hydrogen) atoms. The molecule has 1 aliphatic carbocycles. The summed E-state index contributed by atoms with van der Waals surface area (Å²) in [5.74, 6) is -0.545. The van der Waals surface area contributed by atoms with E-state index in [0.717, 1.165) is 23.9 Å². The van der Waals surface area contributed by atoms with E-state index in [1.165, 1.54) is 55.7 Å². The van der Waals surface area contributed by atoms with Crippen LogP contribution in [0.1, 0.15) is 60.9 Å². The molecule has 9 heteroatoms. The van der Waals surface area contributed by atoms with Crippen LogP contribution in [0.15, 0.2) is 48.7 Å². The topological polar surface area (TPSA) is 88.8 Å². The number of aromatic amines is 1. The predicted octanol–water partition coefficient (Wildman–Crippen LogP) is 5.07. The quantitative estimate of drug-likeness (QED) is 0.413. The van der Waals surface area contributed by atoms with Crippen LogP contribution >= 0.6 is 11.6 Å². The largest absolute Gasteiger partial charge is 0.360 e. The number of hydrogen-bond acceptors (Lipinski definition) is 4. The molecule has 1 aromatic heterocycles. The van der Waals surface area contributed by atoms with Crippen LogP contribution in [0, 0.1) is 0 Å². The second-order valence-electron chi connectivity index (χ2n) is 11.9. The maximum absolute atomic E-state index is 13.7. The molecule has 2 atom stereocenters. The van der Waals surface area contributed by atoms with Gasteiger partial charge in [0.15, 0.2) is 0 Å². The summed E-state index contributed by atoms with van der Waals surface area (Å²) in [5, 5.41) is 4.49. The lowest BCUT2D eigenvalue weighted by molar-refractivity contribution is -0.121. The lowest BCUT2D eigenvalue weighted by Crippen LogP contribution is -2.55. The average molecular weight is 560 g/mol. The highest BCUT2D eigenvalue weighted by atomic mass is 35.5. The highest BCUT2D eigenvalue weighted by Gasteiger charge is 2.51. The molecular weight excluding hydrogens is 526 g/mol. The van der Waals surface area contributed by atoms with E-state index in [1.54, 1.807) is 23.2 Å². The first-order chi connectivity index (χ1) is 19.4. The molecule has 0 spiro atoms. The molecular formula is C31H34ClN5O3. The van der Waals surface area contributed by atoms with Gasteiger partial charge in [-0.1, -0.05) is 36.2 Å². The lowest BCUT2D eigenvalue weighted by Gasteiger charge is -2.45. The molecule has 4 heterocycles. The third kappa shape index (κ3) is 4.20. The minimum absolute atomic E-state index is 0.184. The Morgan fingerprint density at radius 2 is 1.77 bits per heavy atom. The zero-order valence-corrected chi connectivity index (χ0v) is 23.3. The van der Waals surface area contributed by atoms with Gasteiger partial charge >= 0.3 is 6.03 Å². The number of amides is 4. The minimum atomic E-state index is -0.707. The van der Waals surface area contributed by atoms with Gasteiger partial charge in [0.1, 0.15) is 6.04 Å². The Morgan fingerprint density at radius 3 is 2.50 bits per heavy atom. The first-order valence-electron chi connectivity index (χ1n) is 14.5. The number of aromatic nitrogens is 1. The van der Waals surface area contributed by atoms with E-state index in [4.69, 9.17) is 11.6 Å². The number of nitrogens with one attached hydrogen (secondary N) is 2. The van der Waals surface area contributed by atoms with Crippen molar-refractivity contribution in [1.29, 1.82) is 0 Å². The SMILES string of the molecule is O=C(N[C@@H]1CCCN2C(=O)N(c3ccc(C4(CN5CCCC5)CCC4)cc3)C(=O)[C@H]12)c1ccc2c(Cl)c[nH]c2c1. The molecule has 208 valence electrons. The predicted molar refractivity (Wildman–Crippen MR) is 155 cm³/mol. The number of carbonyl (C=O) groups is 3. The number of imide groups is 1. The zero-order chi connectivity index (χ0) is 27.4. The number of hydrogen-bond donors (Lipinski definition) is 2. The van der Waals surface area contributed by atoms with E-state index in [0.29, 0.717) is 29.2 Å². The maximum atomic E-state index is 13.7. The van der Waals surface area contributed by atoms with Gasteiger partial charge in [0.05, 0.1) is 16.8 Å². The maximum Gasteiger partial charge on any atom is 0.332 e. The summed E-state index contributed by atoms with van der Waals surface area (Å²) >= 11 is 6.18.